The molecular formula is C25H12F2N4O4. The van der Waals surface area contributed by atoms with Crippen LogP contribution in [0.25, 0.3) is 54.8 Å². The standard InChI is InChI=1S/C25H12F2N4O4/c26-15-7-17-14(23(32)30-10-29-17)6-11(15)9-31-18-8-16(27)12-3-5-34-22(12)20(18)19-13-2-1-4-28-24(13)35-25(33)21(19)31/h1-8,10H,9H2,(H,29,30,32). The van der Waals surface area contributed by atoms with Crippen molar-refractivity contribution in [3.05, 3.63) is 93.2 Å². The lowest BCUT2D eigenvalue weighted by molar-refractivity contribution is 0.552. The third kappa shape index (κ3) is 2.64. The Morgan fingerprint density at radius 3 is 2.74 bits per heavy atom. The number of hydrogen-bond acceptors (Lipinski definition) is 6. The second-order valence-corrected chi connectivity index (χ2v) is 8.16. The fourth-order valence-electron chi connectivity index (χ4n) is 4.77. The van der Waals surface area contributed by atoms with Crippen molar-refractivity contribution in [3.8, 4) is 0 Å². The first kappa shape index (κ1) is 19.6. The lowest BCUT2D eigenvalue weighted by Gasteiger charge is -2.09. The molecule has 10 heteroatoms. The third-order valence-electron chi connectivity index (χ3n) is 6.28. The summed E-state index contributed by atoms with van der Waals surface area (Å²) in [6, 6.07) is 8.73. The molecule has 0 unspecified atom stereocenters. The van der Waals surface area contributed by atoms with E-state index in [0.29, 0.717) is 21.7 Å². The molecule has 5 aromatic heterocycles. The van der Waals surface area contributed by atoms with Gasteiger partial charge in [0.05, 0.1) is 46.3 Å². The van der Waals surface area contributed by atoms with E-state index in [2.05, 4.69) is 15.0 Å². The summed E-state index contributed by atoms with van der Waals surface area (Å²) in [6.45, 7) is -0.182. The maximum absolute atomic E-state index is 15.1. The highest BCUT2D eigenvalue weighted by atomic mass is 19.1. The number of pyridine rings is 1. The first-order valence-corrected chi connectivity index (χ1v) is 10.6. The Labute approximate surface area is 192 Å². The van der Waals surface area contributed by atoms with Crippen LogP contribution in [0, 0.1) is 11.6 Å². The lowest BCUT2D eigenvalue weighted by Crippen LogP contribution is -2.11. The molecule has 0 amide bonds. The summed E-state index contributed by atoms with van der Waals surface area (Å²) in [5.41, 5.74) is -0.0764. The predicted octanol–water partition coefficient (Wildman–Crippen LogP) is 4.61. The van der Waals surface area contributed by atoms with Crippen LogP contribution in [0.4, 0.5) is 8.78 Å². The number of nitrogens with zero attached hydrogens (tertiary/aromatic N) is 3. The minimum Gasteiger partial charge on any atom is -0.463 e. The van der Waals surface area contributed by atoms with Crippen molar-refractivity contribution in [1.29, 1.82) is 0 Å². The number of halogens is 2. The van der Waals surface area contributed by atoms with E-state index in [9.17, 15) is 9.59 Å². The van der Waals surface area contributed by atoms with Gasteiger partial charge in [-0.05, 0) is 30.3 Å². The molecule has 0 saturated heterocycles. The topological polar surface area (TPSA) is 107 Å². The first-order chi connectivity index (χ1) is 17.0. The van der Waals surface area contributed by atoms with Gasteiger partial charge in [0.1, 0.15) is 22.7 Å². The molecule has 0 atom stereocenters. The van der Waals surface area contributed by atoms with Crippen molar-refractivity contribution in [2.45, 2.75) is 6.54 Å². The molecule has 0 saturated carbocycles. The van der Waals surface area contributed by atoms with Crippen LogP contribution in [-0.4, -0.2) is 19.5 Å². The van der Waals surface area contributed by atoms with Crippen molar-refractivity contribution in [3.63, 3.8) is 0 Å². The fourth-order valence-corrected chi connectivity index (χ4v) is 4.77. The molecular weight excluding hydrogens is 458 g/mol. The molecule has 0 radical (unpaired) electrons. The number of aromatic amines is 1. The van der Waals surface area contributed by atoms with Gasteiger partial charge in [0.25, 0.3) is 5.56 Å². The minimum atomic E-state index is -0.719. The van der Waals surface area contributed by atoms with Gasteiger partial charge in [-0.15, -0.1) is 0 Å². The number of fused-ring (bicyclic) bond motifs is 8. The van der Waals surface area contributed by atoms with Crippen LogP contribution >= 0.6 is 0 Å². The van der Waals surface area contributed by atoms with Gasteiger partial charge < -0.3 is 18.4 Å². The average Bonchev–Trinajstić information content (AvgIpc) is 3.45. The van der Waals surface area contributed by atoms with Gasteiger partial charge in [-0.3, -0.25) is 4.79 Å². The first-order valence-electron chi connectivity index (χ1n) is 10.6. The van der Waals surface area contributed by atoms with Crippen LogP contribution in [-0.2, 0) is 6.54 Å². The number of hydrogen-bond donors (Lipinski definition) is 1. The molecule has 170 valence electrons. The van der Waals surface area contributed by atoms with Crippen molar-refractivity contribution < 1.29 is 17.6 Å². The molecule has 5 heterocycles. The monoisotopic (exact) mass is 470 g/mol. The number of H-pyrrole nitrogens is 1. The summed E-state index contributed by atoms with van der Waals surface area (Å²) in [4.78, 5) is 36.1. The molecule has 1 N–H and O–H groups in total. The summed E-state index contributed by atoms with van der Waals surface area (Å²) >= 11 is 0. The van der Waals surface area contributed by atoms with E-state index in [1.165, 1.54) is 41.6 Å². The van der Waals surface area contributed by atoms with Gasteiger partial charge in [-0.25, -0.2) is 23.5 Å². The Balaban J connectivity index is 1.65. The van der Waals surface area contributed by atoms with Gasteiger partial charge in [0.15, 0.2) is 0 Å². The fraction of sp³-hybridized carbons (Fsp3) is 0.0400. The van der Waals surface area contributed by atoms with E-state index < -0.39 is 22.8 Å². The van der Waals surface area contributed by atoms with Crippen LogP contribution < -0.4 is 11.2 Å². The van der Waals surface area contributed by atoms with Gasteiger partial charge >= 0.3 is 5.63 Å². The largest absolute Gasteiger partial charge is 0.463 e. The molecule has 0 aliphatic heterocycles. The molecule has 0 spiro atoms. The van der Waals surface area contributed by atoms with Crippen LogP contribution in [0.3, 0.4) is 0 Å². The molecule has 0 bridgehead atoms. The number of rotatable bonds is 2. The predicted molar refractivity (Wildman–Crippen MR) is 124 cm³/mol. The third-order valence-corrected chi connectivity index (χ3v) is 6.28. The average molecular weight is 470 g/mol. The Hall–Kier alpha value is -4.86. The Kier molecular flexibility index (Phi) is 3.82. The smallest absolute Gasteiger partial charge is 0.362 e. The summed E-state index contributed by atoms with van der Waals surface area (Å²) < 4.78 is 42.7. The Bertz CT molecular complexity index is 2120. The maximum Gasteiger partial charge on any atom is 0.362 e. The zero-order valence-electron chi connectivity index (χ0n) is 17.6. The molecule has 7 aromatic rings. The minimum absolute atomic E-state index is 0.100. The second-order valence-electron chi connectivity index (χ2n) is 8.16. The quantitative estimate of drug-likeness (QED) is 0.396. The second kappa shape index (κ2) is 6.83. The molecule has 0 fully saturated rings. The molecule has 2 aromatic carbocycles. The summed E-state index contributed by atoms with van der Waals surface area (Å²) in [5.74, 6) is -1.19. The normalized spacial score (nSPS) is 12.1. The Morgan fingerprint density at radius 2 is 1.86 bits per heavy atom. The van der Waals surface area contributed by atoms with Crippen molar-refractivity contribution in [1.82, 2.24) is 19.5 Å². The van der Waals surface area contributed by atoms with Crippen molar-refractivity contribution in [2.75, 3.05) is 0 Å². The number of nitrogens with one attached hydrogen (secondary N) is 1. The van der Waals surface area contributed by atoms with Gasteiger partial charge in [-0.2, -0.15) is 0 Å². The molecule has 0 aliphatic rings. The highest BCUT2D eigenvalue weighted by molar-refractivity contribution is 6.25. The van der Waals surface area contributed by atoms with Crippen LogP contribution in [0.15, 0.2) is 73.6 Å². The zero-order chi connectivity index (χ0) is 23.8. The maximum atomic E-state index is 15.1. The van der Waals surface area contributed by atoms with E-state index in [1.807, 2.05) is 0 Å². The summed E-state index contributed by atoms with van der Waals surface area (Å²) in [7, 11) is 0. The van der Waals surface area contributed by atoms with E-state index in [1.54, 1.807) is 12.1 Å². The van der Waals surface area contributed by atoms with Gasteiger partial charge in [-0.1, -0.05) is 0 Å². The molecule has 0 aliphatic carbocycles. The van der Waals surface area contributed by atoms with Crippen molar-refractivity contribution in [2.24, 2.45) is 0 Å². The van der Waals surface area contributed by atoms with Crippen LogP contribution in [0.5, 0.6) is 0 Å². The highest BCUT2D eigenvalue weighted by Crippen LogP contribution is 2.39. The number of furan rings is 1. The SMILES string of the molecule is O=c1[nH]cnc2cc(F)c(Cn3c4cc(F)c5ccoc5c4c4c5cccnc5oc(=O)c43)cc12. The number of benzene rings is 2. The summed E-state index contributed by atoms with van der Waals surface area (Å²) in [5, 5.41) is 1.89. The van der Waals surface area contributed by atoms with Crippen LogP contribution in [0.2, 0.25) is 0 Å². The van der Waals surface area contributed by atoms with Gasteiger partial charge in [0, 0.05) is 28.6 Å². The van der Waals surface area contributed by atoms with Crippen LogP contribution in [0.1, 0.15) is 5.56 Å². The molecule has 35 heavy (non-hydrogen) atoms. The molecule has 8 nitrogen and oxygen atoms in total. The molecule has 7 rings (SSSR count). The number of aromatic nitrogens is 4. The lowest BCUT2D eigenvalue weighted by atomic mass is 10.1. The van der Waals surface area contributed by atoms with E-state index in [-0.39, 0.29) is 45.2 Å². The van der Waals surface area contributed by atoms with Crippen molar-refractivity contribution >= 4 is 54.8 Å². The summed E-state index contributed by atoms with van der Waals surface area (Å²) in [6.07, 6.45) is 4.05. The highest BCUT2D eigenvalue weighted by Gasteiger charge is 2.24. The van der Waals surface area contributed by atoms with E-state index in [4.69, 9.17) is 8.83 Å². The zero-order valence-corrected chi connectivity index (χ0v) is 17.6. The Morgan fingerprint density at radius 1 is 0.971 bits per heavy atom. The van der Waals surface area contributed by atoms with E-state index in [0.717, 1.165) is 6.07 Å². The van der Waals surface area contributed by atoms with Gasteiger partial charge in [0.2, 0.25) is 5.71 Å². The van der Waals surface area contributed by atoms with E-state index >= 15 is 8.78 Å².